The van der Waals surface area contributed by atoms with E-state index in [0.717, 1.165) is 84.7 Å². The molecule has 3 aromatic carbocycles. The molecule has 0 radical (unpaired) electrons. The van der Waals surface area contributed by atoms with Gasteiger partial charge in [-0.2, -0.15) is 5.10 Å². The van der Waals surface area contributed by atoms with Crippen molar-refractivity contribution in [2.24, 2.45) is 55.9 Å². The van der Waals surface area contributed by atoms with Crippen LogP contribution in [0.4, 0.5) is 5.69 Å². The van der Waals surface area contributed by atoms with E-state index in [4.69, 9.17) is 27.9 Å². The SMILES string of the molecule is CC#Cc1cccc(-c2cc([C@]3(C)CC(=O)N(C)C(N)=N3)n(C)n2)c1.CC#Cc1cncc(-c2cccc([C@@]3(C4CC4)N=C(N)N(C)C3=O)c2)c1.CC#Cc1cncc(-c2csc([C@@]3(C)N=C(N)N(C)C(=O)[C@@H]3c3ccc(C(C)C)cc3)c2)c1.CC#Cc1cncc(-c2sc([C@]3(C)CC(=O)N(C)C(N)=N3)cc2[N+](=O)[O-])c1. The second-order valence-corrected chi connectivity index (χ2v) is 30.2. The average Bonchev–Trinajstić information content (AvgIpc) is 1.60. The minimum absolute atomic E-state index is 0.0432. The van der Waals surface area contributed by atoms with Crippen LogP contribution in [0.1, 0.15) is 154 Å². The van der Waals surface area contributed by atoms with Gasteiger partial charge >= 0.3 is 0 Å². The molecule has 24 nitrogen and oxygen atoms in total. The van der Waals surface area contributed by atoms with Crippen LogP contribution in [0.5, 0.6) is 0 Å². The molecule has 8 N–H and O–H groups in total. The first kappa shape index (κ1) is 79.2. The maximum absolute atomic E-state index is 13.5. The molecule has 1 aliphatic carbocycles. The number of pyridine rings is 3. The molecular formula is C85H86N18O6S2. The van der Waals surface area contributed by atoms with E-state index in [2.05, 4.69) is 120 Å². The summed E-state index contributed by atoms with van der Waals surface area (Å²) in [6, 6.07) is 35.5. The van der Waals surface area contributed by atoms with Crippen LogP contribution in [0.2, 0.25) is 0 Å². The molecule has 4 amide bonds. The number of likely N-dealkylation sites (N-methyl/N-ethyl adjacent to an activating group) is 2. The first-order valence-corrected chi connectivity index (χ1v) is 37.4. The van der Waals surface area contributed by atoms with Crippen molar-refractivity contribution in [2.45, 2.75) is 122 Å². The predicted octanol–water partition coefficient (Wildman–Crippen LogP) is 11.9. The number of aliphatic imine (C=N–C) groups is 4. The summed E-state index contributed by atoms with van der Waals surface area (Å²) in [7, 11) is 8.41. The molecule has 0 unspecified atom stereocenters. The highest BCUT2D eigenvalue weighted by molar-refractivity contribution is 7.16. The Hall–Kier alpha value is -12.9. The van der Waals surface area contributed by atoms with Crippen LogP contribution >= 0.6 is 22.7 Å². The van der Waals surface area contributed by atoms with E-state index < -0.39 is 33.0 Å². The van der Waals surface area contributed by atoms with Gasteiger partial charge in [-0.15, -0.1) is 46.4 Å². The fourth-order valence-electron chi connectivity index (χ4n) is 13.7. The maximum Gasteiger partial charge on any atom is 0.288 e. The lowest BCUT2D eigenvalue weighted by Gasteiger charge is -2.40. The molecular weight excluding hydrogens is 1430 g/mol. The number of rotatable bonds is 12. The third kappa shape index (κ3) is 16.5. The highest BCUT2D eigenvalue weighted by atomic mass is 32.1. The van der Waals surface area contributed by atoms with E-state index in [9.17, 15) is 29.3 Å². The number of nitrogens with two attached hydrogens (primary N) is 4. The molecule has 111 heavy (non-hydrogen) atoms. The number of aromatic nitrogens is 5. The van der Waals surface area contributed by atoms with Crippen molar-refractivity contribution in [3.63, 3.8) is 0 Å². The summed E-state index contributed by atoms with van der Waals surface area (Å²) >= 11 is 2.80. The fraction of sp³-hybridized carbons (Fsp3) is 0.294. The summed E-state index contributed by atoms with van der Waals surface area (Å²) in [6.45, 7) is 17.1. The third-order valence-electron chi connectivity index (χ3n) is 20.0. The number of benzene rings is 3. The summed E-state index contributed by atoms with van der Waals surface area (Å²) < 4.78 is 1.77. The second-order valence-electron chi connectivity index (χ2n) is 28.3. The van der Waals surface area contributed by atoms with Crippen molar-refractivity contribution in [3.8, 4) is 91.3 Å². The number of hydrogen-bond donors (Lipinski definition) is 4. The van der Waals surface area contributed by atoms with E-state index in [-0.39, 0.29) is 71.9 Å². The first-order valence-electron chi connectivity index (χ1n) is 35.7. The van der Waals surface area contributed by atoms with E-state index in [0.29, 0.717) is 26.8 Å². The molecule has 26 heteroatoms. The Bertz CT molecular complexity index is 5590. The van der Waals surface area contributed by atoms with Crippen molar-refractivity contribution in [1.29, 1.82) is 0 Å². The molecule has 14 rings (SSSR count). The maximum atomic E-state index is 13.5. The number of carbonyl (C=O) groups excluding carboxylic acids is 4. The molecule has 4 aliphatic heterocycles. The number of amides is 4. The van der Waals surface area contributed by atoms with Gasteiger partial charge in [0.05, 0.1) is 35.1 Å². The van der Waals surface area contributed by atoms with Gasteiger partial charge in [-0.05, 0) is 155 Å². The smallest absolute Gasteiger partial charge is 0.288 e. The monoisotopic (exact) mass is 1520 g/mol. The van der Waals surface area contributed by atoms with Crippen molar-refractivity contribution >= 4 is 75.8 Å². The molecule has 0 bridgehead atoms. The van der Waals surface area contributed by atoms with E-state index >= 15 is 0 Å². The number of nitrogens with zero attached hydrogens (tertiary/aromatic N) is 14. The number of guanidine groups is 4. The zero-order valence-electron chi connectivity index (χ0n) is 64.3. The van der Waals surface area contributed by atoms with Crippen molar-refractivity contribution in [3.05, 3.63) is 216 Å². The number of carbonyl (C=O) groups is 4. The largest absolute Gasteiger partial charge is 0.369 e. The normalized spacial score (nSPS) is 20.4. The highest BCUT2D eigenvalue weighted by Crippen LogP contribution is 2.53. The highest BCUT2D eigenvalue weighted by Gasteiger charge is 2.57. The van der Waals surface area contributed by atoms with E-state index in [1.54, 1.807) is 95.8 Å². The summed E-state index contributed by atoms with van der Waals surface area (Å²) in [5.74, 6) is 24.2. The Labute approximate surface area is 654 Å². The molecule has 1 saturated carbocycles. The number of nitro groups is 1. The third-order valence-corrected chi connectivity index (χ3v) is 22.6. The summed E-state index contributed by atoms with van der Waals surface area (Å²) in [4.78, 5) is 101. The van der Waals surface area contributed by atoms with Crippen LogP contribution < -0.4 is 22.9 Å². The predicted molar refractivity (Wildman–Crippen MR) is 437 cm³/mol. The fourth-order valence-corrected chi connectivity index (χ4v) is 16.0. The summed E-state index contributed by atoms with van der Waals surface area (Å²) in [5, 5.41) is 18.3. The Kier molecular flexibility index (Phi) is 23.2. The van der Waals surface area contributed by atoms with Crippen LogP contribution in [-0.4, -0.2) is 125 Å². The molecule has 0 saturated heterocycles. The van der Waals surface area contributed by atoms with Gasteiger partial charge in [0.25, 0.3) is 11.6 Å². The van der Waals surface area contributed by atoms with Crippen LogP contribution in [0.25, 0.3) is 44.0 Å². The Morgan fingerprint density at radius 1 is 0.541 bits per heavy atom. The quantitative estimate of drug-likeness (QED) is 0.0502. The standard InChI is InChI=1S/C27H28N4OS.C21H20N4O.C19H21N5O.C18H17N5O3S/c1-6-7-18-12-21(15-29-14-18)22-13-23(33-16-22)27(4)24(25(32)31(5)26(28)30-27)20-10-8-19(9-11-20)17(2)3;1-3-5-14-10-16(13-23-12-14)15-6-4-7-18(11-15)21(17-8-9-17)19(26)25(2)20(22)24-21;1-5-7-13-8-6-9-14(10-13)15-11-16(24(4)22-15)19(2)12-17(25)23(3)18(20)21-19;1-4-5-11-6-12(10-20-9-11)16-13(23(25)26)7-14(27-16)18(2)8-15(24)22(3)17(19)21-18/h8-17,24H,1-5H3,(H2,28,30);4,6-7,10-13,17H,8-9H2,1-2H3,(H2,22,24);6,8-11H,12H2,1-4H3,(H2,20,21);6-7,9-10H,8H2,1-3H3,(H2,19,21)/t24-,27+;21-;19-;18-/m0100/s1. The topological polar surface area (TPSA) is 334 Å². The molecule has 6 aromatic heterocycles. The van der Waals surface area contributed by atoms with Crippen LogP contribution in [0.15, 0.2) is 172 Å². The molecule has 5 atom stereocenters. The average molecular weight is 1520 g/mol. The molecule has 0 spiro atoms. The van der Waals surface area contributed by atoms with Crippen LogP contribution in [0, 0.1) is 63.4 Å². The lowest BCUT2D eigenvalue weighted by molar-refractivity contribution is -0.383. The molecule has 1 fully saturated rings. The van der Waals surface area contributed by atoms with Crippen molar-refractivity contribution in [2.75, 3.05) is 28.2 Å². The first-order chi connectivity index (χ1) is 52.9. The Morgan fingerprint density at radius 3 is 1.60 bits per heavy atom. The van der Waals surface area contributed by atoms with Gasteiger partial charge in [-0.3, -0.25) is 68.5 Å². The zero-order valence-corrected chi connectivity index (χ0v) is 66.0. The molecule has 5 aliphatic rings. The number of thiophene rings is 2. The Balaban J connectivity index is 0.000000147. The molecule has 564 valence electrons. The van der Waals surface area contributed by atoms with Gasteiger partial charge in [0, 0.05) is 133 Å². The summed E-state index contributed by atoms with van der Waals surface area (Å²) in [5.41, 5.74) is 34.1. The van der Waals surface area contributed by atoms with Gasteiger partial charge in [-0.1, -0.05) is 92.1 Å². The van der Waals surface area contributed by atoms with Gasteiger partial charge in [0.15, 0.2) is 29.4 Å². The molecule has 9 aromatic rings. The van der Waals surface area contributed by atoms with Crippen molar-refractivity contribution < 1.29 is 24.1 Å². The molecule has 10 heterocycles. The Morgan fingerprint density at radius 2 is 1.05 bits per heavy atom. The lowest BCUT2D eigenvalue weighted by atomic mass is 9.77. The van der Waals surface area contributed by atoms with Crippen LogP contribution in [0.3, 0.4) is 0 Å². The van der Waals surface area contributed by atoms with Gasteiger partial charge < -0.3 is 22.9 Å². The van der Waals surface area contributed by atoms with E-state index in [1.807, 2.05) is 126 Å². The lowest BCUT2D eigenvalue weighted by Crippen LogP contribution is -2.52. The number of hydrogen-bond acceptors (Lipinski definition) is 20. The van der Waals surface area contributed by atoms with Gasteiger partial charge in [0.1, 0.15) is 21.5 Å². The second kappa shape index (κ2) is 32.5. The zero-order chi connectivity index (χ0) is 80.0. The van der Waals surface area contributed by atoms with E-state index in [1.165, 1.54) is 42.6 Å². The van der Waals surface area contributed by atoms with Crippen molar-refractivity contribution in [1.82, 2.24) is 44.3 Å². The minimum atomic E-state index is -0.949. The van der Waals surface area contributed by atoms with Gasteiger partial charge in [-0.25, -0.2) is 20.0 Å². The summed E-state index contributed by atoms with van der Waals surface area (Å²) in [6.07, 6.45) is 12.6. The number of aryl methyl sites for hydroxylation is 1. The van der Waals surface area contributed by atoms with Crippen LogP contribution in [-0.2, 0) is 48.4 Å². The minimum Gasteiger partial charge on any atom is -0.369 e. The van der Waals surface area contributed by atoms with Gasteiger partial charge in [0.2, 0.25) is 17.7 Å².